The van der Waals surface area contributed by atoms with E-state index < -0.39 is 10.9 Å². The topological polar surface area (TPSA) is 98.3 Å². The first-order valence-corrected chi connectivity index (χ1v) is 6.39. The smallest absolute Gasteiger partial charge is 0.335 e. The summed E-state index contributed by atoms with van der Waals surface area (Å²) in [5, 5.41) is 24.0. The van der Waals surface area contributed by atoms with Gasteiger partial charge in [-0.1, -0.05) is 11.8 Å². The molecule has 0 aliphatic rings. The van der Waals surface area contributed by atoms with Gasteiger partial charge in [0.15, 0.2) is 0 Å². The van der Waals surface area contributed by atoms with E-state index in [1.807, 2.05) is 0 Å². The highest BCUT2D eigenvalue weighted by Crippen LogP contribution is 2.35. The Morgan fingerprint density at radius 1 is 1.50 bits per heavy atom. The second kappa shape index (κ2) is 5.33. The van der Waals surface area contributed by atoms with Crippen molar-refractivity contribution in [2.75, 3.05) is 0 Å². The Kier molecular flexibility index (Phi) is 3.75. The highest BCUT2D eigenvalue weighted by molar-refractivity contribution is 7.99. The van der Waals surface area contributed by atoms with E-state index in [-0.39, 0.29) is 11.3 Å². The third-order valence-corrected chi connectivity index (χ3v) is 3.78. The van der Waals surface area contributed by atoms with Crippen LogP contribution in [0.25, 0.3) is 0 Å². The normalized spacial score (nSPS) is 10.5. The number of hydrogen-bond acceptors (Lipinski definition) is 5. The molecule has 0 radical (unpaired) electrons. The van der Waals surface area contributed by atoms with Crippen LogP contribution in [0.15, 0.2) is 34.3 Å². The predicted molar refractivity (Wildman–Crippen MR) is 72.1 cm³/mol. The monoisotopic (exact) mass is 293 g/mol. The van der Waals surface area contributed by atoms with Gasteiger partial charge in [0, 0.05) is 29.8 Å². The number of aromatic nitrogens is 2. The lowest BCUT2D eigenvalue weighted by atomic mass is 10.1. The molecule has 0 saturated carbocycles. The number of aromatic carboxylic acids is 1. The first-order valence-electron chi connectivity index (χ1n) is 5.57. The molecule has 0 atom stereocenters. The van der Waals surface area contributed by atoms with Gasteiger partial charge in [0.05, 0.1) is 21.6 Å². The number of hydrogen-bond donors (Lipinski definition) is 1. The fourth-order valence-electron chi connectivity index (χ4n) is 1.67. The van der Waals surface area contributed by atoms with Crippen LogP contribution >= 0.6 is 11.8 Å². The van der Waals surface area contributed by atoms with Gasteiger partial charge < -0.3 is 5.11 Å². The number of aryl methyl sites for hydroxylation is 1. The van der Waals surface area contributed by atoms with E-state index in [4.69, 9.17) is 5.11 Å². The maximum Gasteiger partial charge on any atom is 0.335 e. The van der Waals surface area contributed by atoms with Gasteiger partial charge >= 0.3 is 5.97 Å². The maximum atomic E-state index is 11.0. The highest BCUT2D eigenvalue weighted by Gasteiger charge is 2.19. The molecule has 2 aromatic rings. The number of carbonyl (C=O) groups is 1. The molecule has 0 amide bonds. The van der Waals surface area contributed by atoms with Crippen LogP contribution in [0.1, 0.15) is 15.9 Å². The molecule has 8 heteroatoms. The molecule has 0 fully saturated rings. The second-order valence-electron chi connectivity index (χ2n) is 4.13. The first kappa shape index (κ1) is 14.1. The zero-order chi connectivity index (χ0) is 14.9. The lowest BCUT2D eigenvalue weighted by Crippen LogP contribution is -2.01. The van der Waals surface area contributed by atoms with Gasteiger partial charge in [-0.15, -0.1) is 0 Å². The molecule has 104 valence electrons. The molecule has 20 heavy (non-hydrogen) atoms. The van der Waals surface area contributed by atoms with Gasteiger partial charge in [-0.05, 0) is 13.0 Å². The molecule has 1 aromatic heterocycles. The summed E-state index contributed by atoms with van der Waals surface area (Å²) in [4.78, 5) is 22.8. The molecule has 0 bridgehead atoms. The van der Waals surface area contributed by atoms with E-state index in [1.165, 1.54) is 17.8 Å². The summed E-state index contributed by atoms with van der Waals surface area (Å²) in [6.07, 6.45) is 3.37. The largest absolute Gasteiger partial charge is 0.478 e. The van der Waals surface area contributed by atoms with E-state index in [0.29, 0.717) is 10.5 Å². The number of carboxylic acids is 1. The van der Waals surface area contributed by atoms with Crippen LogP contribution in [0, 0.1) is 17.0 Å². The van der Waals surface area contributed by atoms with Crippen LogP contribution in [-0.2, 0) is 7.05 Å². The van der Waals surface area contributed by atoms with Crippen molar-refractivity contribution in [2.45, 2.75) is 16.7 Å². The summed E-state index contributed by atoms with van der Waals surface area (Å²) in [5.74, 6) is -1.19. The van der Waals surface area contributed by atoms with Crippen molar-refractivity contribution in [1.82, 2.24) is 9.78 Å². The van der Waals surface area contributed by atoms with Gasteiger partial charge in [0.25, 0.3) is 5.69 Å². The number of carboxylic acid groups (broad SMARTS) is 1. The van der Waals surface area contributed by atoms with E-state index in [9.17, 15) is 14.9 Å². The van der Waals surface area contributed by atoms with Gasteiger partial charge in [-0.3, -0.25) is 14.8 Å². The lowest BCUT2D eigenvalue weighted by molar-refractivity contribution is -0.385. The standard InChI is InChI=1S/C12H11N3O4S/c1-7-10(15(18)19)3-8(12(16)17)4-11(7)20-9-5-13-14(2)6-9/h3-6H,1-2H3,(H,16,17). The van der Waals surface area contributed by atoms with Crippen molar-refractivity contribution in [3.8, 4) is 0 Å². The van der Waals surface area contributed by atoms with Crippen molar-refractivity contribution in [3.63, 3.8) is 0 Å². The molecule has 0 spiro atoms. The van der Waals surface area contributed by atoms with Crippen molar-refractivity contribution in [2.24, 2.45) is 7.05 Å². The Balaban J connectivity index is 2.50. The third-order valence-electron chi connectivity index (χ3n) is 2.69. The predicted octanol–water partition coefficient (Wildman–Crippen LogP) is 2.49. The van der Waals surface area contributed by atoms with E-state index >= 15 is 0 Å². The van der Waals surface area contributed by atoms with Gasteiger partial charge in [0.1, 0.15) is 0 Å². The minimum Gasteiger partial charge on any atom is -0.478 e. The zero-order valence-electron chi connectivity index (χ0n) is 10.7. The molecule has 1 N–H and O–H groups in total. The summed E-state index contributed by atoms with van der Waals surface area (Å²) >= 11 is 1.25. The van der Waals surface area contributed by atoms with Gasteiger partial charge in [-0.25, -0.2) is 4.79 Å². The number of nitro benzene ring substituents is 1. The Bertz CT molecular complexity index is 696. The zero-order valence-corrected chi connectivity index (χ0v) is 11.5. The Hall–Kier alpha value is -2.35. The lowest BCUT2D eigenvalue weighted by Gasteiger charge is -2.06. The van der Waals surface area contributed by atoms with E-state index in [2.05, 4.69) is 5.10 Å². The number of rotatable bonds is 4. The van der Waals surface area contributed by atoms with Crippen LogP contribution in [0.5, 0.6) is 0 Å². The van der Waals surface area contributed by atoms with Crippen molar-refractivity contribution >= 4 is 23.4 Å². The van der Waals surface area contributed by atoms with Crippen LogP contribution in [0.3, 0.4) is 0 Å². The number of nitrogens with zero attached hydrogens (tertiary/aromatic N) is 3. The molecular formula is C12H11N3O4S. The second-order valence-corrected chi connectivity index (χ2v) is 5.25. The fourth-order valence-corrected chi connectivity index (χ4v) is 2.67. The molecule has 0 aliphatic carbocycles. The molecule has 0 aliphatic heterocycles. The Labute approximate surface area is 118 Å². The minimum atomic E-state index is -1.19. The first-order chi connectivity index (χ1) is 9.38. The van der Waals surface area contributed by atoms with Crippen molar-refractivity contribution < 1.29 is 14.8 Å². The molecule has 7 nitrogen and oxygen atoms in total. The van der Waals surface area contributed by atoms with Crippen molar-refractivity contribution in [1.29, 1.82) is 0 Å². The number of nitro groups is 1. The van der Waals surface area contributed by atoms with E-state index in [0.717, 1.165) is 11.0 Å². The van der Waals surface area contributed by atoms with Crippen LogP contribution in [-0.4, -0.2) is 25.8 Å². The maximum absolute atomic E-state index is 11.0. The molecule has 2 rings (SSSR count). The van der Waals surface area contributed by atoms with Crippen LogP contribution < -0.4 is 0 Å². The summed E-state index contributed by atoms with van der Waals surface area (Å²) in [6, 6.07) is 2.51. The molecular weight excluding hydrogens is 282 g/mol. The third kappa shape index (κ3) is 2.80. The molecule has 0 unspecified atom stereocenters. The van der Waals surface area contributed by atoms with Crippen molar-refractivity contribution in [3.05, 3.63) is 45.8 Å². The Morgan fingerprint density at radius 2 is 2.20 bits per heavy atom. The molecule has 1 heterocycles. The fraction of sp³-hybridized carbons (Fsp3) is 0.167. The SMILES string of the molecule is Cc1c(Sc2cnn(C)c2)cc(C(=O)O)cc1[N+](=O)[O-]. The minimum absolute atomic E-state index is 0.103. The number of benzene rings is 1. The van der Waals surface area contributed by atoms with Crippen LogP contribution in [0.2, 0.25) is 0 Å². The average molecular weight is 293 g/mol. The van der Waals surface area contributed by atoms with Crippen LogP contribution in [0.4, 0.5) is 5.69 Å². The van der Waals surface area contributed by atoms with Gasteiger partial charge in [0.2, 0.25) is 0 Å². The van der Waals surface area contributed by atoms with Gasteiger partial charge in [-0.2, -0.15) is 5.10 Å². The quantitative estimate of drug-likeness (QED) is 0.687. The summed E-state index contributed by atoms with van der Waals surface area (Å²) in [6.45, 7) is 1.60. The molecule has 1 aromatic carbocycles. The summed E-state index contributed by atoms with van der Waals surface area (Å²) in [7, 11) is 1.76. The Morgan fingerprint density at radius 3 is 2.70 bits per heavy atom. The van der Waals surface area contributed by atoms with E-state index in [1.54, 1.807) is 31.0 Å². The highest BCUT2D eigenvalue weighted by atomic mass is 32.2. The molecule has 0 saturated heterocycles. The average Bonchev–Trinajstić information content (AvgIpc) is 2.76. The summed E-state index contributed by atoms with van der Waals surface area (Å²) in [5.41, 5.74) is 0.138. The summed E-state index contributed by atoms with van der Waals surface area (Å²) < 4.78 is 1.60.